The Hall–Kier alpha value is -1.87. The molecule has 2 N–H and O–H groups in total. The molecule has 22 heavy (non-hydrogen) atoms. The summed E-state index contributed by atoms with van der Waals surface area (Å²) in [6.07, 6.45) is 1.02. The van der Waals surface area contributed by atoms with Gasteiger partial charge in [-0.3, -0.25) is 4.79 Å². The molecular formula is C19H24N2O. The van der Waals surface area contributed by atoms with Crippen molar-refractivity contribution in [1.82, 2.24) is 4.90 Å². The minimum absolute atomic E-state index is 0.108. The molecule has 3 unspecified atom stereocenters. The van der Waals surface area contributed by atoms with Crippen molar-refractivity contribution in [1.29, 1.82) is 0 Å². The maximum Gasteiger partial charge on any atom is 0.230 e. The van der Waals surface area contributed by atoms with Crippen LogP contribution in [0.3, 0.4) is 0 Å². The molecule has 0 bridgehead atoms. The average Bonchev–Trinajstić information content (AvgIpc) is 2.94. The smallest absolute Gasteiger partial charge is 0.230 e. The maximum absolute atomic E-state index is 12.8. The van der Waals surface area contributed by atoms with Crippen LogP contribution < -0.4 is 5.73 Å². The summed E-state index contributed by atoms with van der Waals surface area (Å²) in [7, 11) is 0. The molecule has 2 aromatic rings. The Morgan fingerprint density at radius 2 is 2.00 bits per heavy atom. The molecule has 0 radical (unpaired) electrons. The zero-order valence-electron chi connectivity index (χ0n) is 13.3. The van der Waals surface area contributed by atoms with Crippen LogP contribution in [0.2, 0.25) is 0 Å². The zero-order chi connectivity index (χ0) is 15.7. The van der Waals surface area contributed by atoms with E-state index in [1.54, 1.807) is 0 Å². The van der Waals surface area contributed by atoms with Crippen LogP contribution in [0.15, 0.2) is 42.5 Å². The van der Waals surface area contributed by atoms with Gasteiger partial charge in [0.15, 0.2) is 0 Å². The molecule has 0 aromatic heterocycles. The number of fused-ring (bicyclic) bond motifs is 1. The molecule has 1 saturated heterocycles. The molecular weight excluding hydrogens is 272 g/mol. The van der Waals surface area contributed by atoms with Gasteiger partial charge < -0.3 is 10.6 Å². The number of hydrogen-bond acceptors (Lipinski definition) is 2. The Balaban J connectivity index is 1.82. The van der Waals surface area contributed by atoms with Gasteiger partial charge in [-0.05, 0) is 49.1 Å². The second-order valence-corrected chi connectivity index (χ2v) is 6.51. The molecule has 3 heteroatoms. The van der Waals surface area contributed by atoms with Crippen LogP contribution in [-0.2, 0) is 4.79 Å². The van der Waals surface area contributed by atoms with Crippen molar-refractivity contribution in [2.24, 2.45) is 11.7 Å². The summed E-state index contributed by atoms with van der Waals surface area (Å²) < 4.78 is 0. The Morgan fingerprint density at radius 3 is 2.68 bits per heavy atom. The van der Waals surface area contributed by atoms with Gasteiger partial charge in [-0.2, -0.15) is 0 Å². The first-order valence-corrected chi connectivity index (χ1v) is 8.09. The lowest BCUT2D eigenvalue weighted by atomic mass is 9.96. The van der Waals surface area contributed by atoms with Gasteiger partial charge in [-0.25, -0.2) is 0 Å². The predicted octanol–water partition coefficient (Wildman–Crippen LogP) is 3.14. The van der Waals surface area contributed by atoms with E-state index < -0.39 is 0 Å². The third-order valence-corrected chi connectivity index (χ3v) is 4.92. The molecule has 0 saturated carbocycles. The van der Waals surface area contributed by atoms with Crippen molar-refractivity contribution >= 4 is 16.7 Å². The third kappa shape index (κ3) is 2.73. The molecule has 2 aromatic carbocycles. The van der Waals surface area contributed by atoms with Gasteiger partial charge >= 0.3 is 0 Å². The summed E-state index contributed by atoms with van der Waals surface area (Å²) in [5, 5.41) is 2.40. The Labute approximate surface area is 132 Å². The average molecular weight is 296 g/mol. The van der Waals surface area contributed by atoms with E-state index in [9.17, 15) is 4.79 Å². The Morgan fingerprint density at radius 1 is 1.27 bits per heavy atom. The van der Waals surface area contributed by atoms with Crippen LogP contribution in [0.1, 0.15) is 31.7 Å². The molecule has 3 nitrogen and oxygen atoms in total. The fraction of sp³-hybridized carbons (Fsp3) is 0.421. The summed E-state index contributed by atoms with van der Waals surface area (Å²) in [6.45, 7) is 5.60. The summed E-state index contributed by atoms with van der Waals surface area (Å²) >= 11 is 0. The lowest BCUT2D eigenvalue weighted by Crippen LogP contribution is -2.37. The van der Waals surface area contributed by atoms with Crippen molar-refractivity contribution in [3.8, 4) is 0 Å². The number of likely N-dealkylation sites (tertiary alicyclic amines) is 1. The van der Waals surface area contributed by atoms with Gasteiger partial charge in [0, 0.05) is 12.6 Å². The normalized spacial score (nSPS) is 23.0. The molecule has 1 heterocycles. The summed E-state index contributed by atoms with van der Waals surface area (Å²) in [6, 6.07) is 14.9. The number of carbonyl (C=O) groups excluding carboxylic acids is 1. The van der Waals surface area contributed by atoms with Crippen LogP contribution in [-0.4, -0.2) is 29.9 Å². The number of amides is 1. The minimum Gasteiger partial charge on any atom is -0.339 e. The van der Waals surface area contributed by atoms with Crippen molar-refractivity contribution in [3.05, 3.63) is 48.0 Å². The monoisotopic (exact) mass is 296 g/mol. The Bertz CT molecular complexity index is 682. The number of rotatable bonds is 3. The standard InChI is InChI=1S/C19H24N2O/c1-13-9-15(11-20)12-21(13)19(22)14(2)17-8-7-16-5-3-4-6-18(16)10-17/h3-8,10,13-15H,9,11-12,20H2,1-2H3. The van der Waals surface area contributed by atoms with Crippen LogP contribution in [0.5, 0.6) is 0 Å². The summed E-state index contributed by atoms with van der Waals surface area (Å²) in [5.41, 5.74) is 6.86. The fourth-order valence-corrected chi connectivity index (χ4v) is 3.49. The number of nitrogens with zero attached hydrogens (tertiary/aromatic N) is 1. The molecule has 0 spiro atoms. The van der Waals surface area contributed by atoms with Crippen molar-refractivity contribution in [2.75, 3.05) is 13.1 Å². The predicted molar refractivity (Wildman–Crippen MR) is 90.7 cm³/mol. The van der Waals surface area contributed by atoms with E-state index in [0.717, 1.165) is 18.5 Å². The van der Waals surface area contributed by atoms with Crippen molar-refractivity contribution in [2.45, 2.75) is 32.2 Å². The van der Waals surface area contributed by atoms with Crippen molar-refractivity contribution < 1.29 is 4.79 Å². The molecule has 0 aliphatic carbocycles. The van der Waals surface area contributed by atoms with E-state index in [0.29, 0.717) is 18.5 Å². The summed E-state index contributed by atoms with van der Waals surface area (Å²) in [5.74, 6) is 0.560. The lowest BCUT2D eigenvalue weighted by Gasteiger charge is -2.25. The third-order valence-electron chi connectivity index (χ3n) is 4.92. The van der Waals surface area contributed by atoms with Gasteiger partial charge in [0.1, 0.15) is 0 Å². The highest BCUT2D eigenvalue weighted by Crippen LogP contribution is 2.28. The first-order valence-electron chi connectivity index (χ1n) is 8.09. The number of benzene rings is 2. The van der Waals surface area contributed by atoms with E-state index in [2.05, 4.69) is 37.3 Å². The topological polar surface area (TPSA) is 46.3 Å². The fourth-order valence-electron chi connectivity index (χ4n) is 3.49. The SMILES string of the molecule is CC(C(=O)N1CC(CN)CC1C)c1ccc2ccccc2c1. The first-order chi connectivity index (χ1) is 10.6. The van der Waals surface area contributed by atoms with Crippen molar-refractivity contribution in [3.63, 3.8) is 0 Å². The van der Waals surface area contributed by atoms with Gasteiger partial charge in [-0.15, -0.1) is 0 Å². The lowest BCUT2D eigenvalue weighted by molar-refractivity contribution is -0.133. The van der Waals surface area contributed by atoms with Gasteiger partial charge in [-0.1, -0.05) is 42.5 Å². The van der Waals surface area contributed by atoms with Crippen LogP contribution >= 0.6 is 0 Å². The highest BCUT2D eigenvalue weighted by molar-refractivity contribution is 5.88. The van der Waals surface area contributed by atoms with E-state index in [1.165, 1.54) is 10.8 Å². The second-order valence-electron chi connectivity index (χ2n) is 6.51. The molecule has 116 valence electrons. The van der Waals surface area contributed by atoms with Crippen LogP contribution in [0.25, 0.3) is 10.8 Å². The molecule has 1 aliphatic heterocycles. The number of hydrogen-bond donors (Lipinski definition) is 1. The van der Waals surface area contributed by atoms with Gasteiger partial charge in [0.25, 0.3) is 0 Å². The molecule has 1 aliphatic rings. The molecule has 3 atom stereocenters. The number of nitrogens with two attached hydrogens (primary N) is 1. The zero-order valence-corrected chi connectivity index (χ0v) is 13.3. The maximum atomic E-state index is 12.8. The van der Waals surface area contributed by atoms with E-state index in [1.807, 2.05) is 24.0 Å². The molecule has 3 rings (SSSR count). The highest BCUT2D eigenvalue weighted by atomic mass is 16.2. The molecule has 1 amide bonds. The highest BCUT2D eigenvalue weighted by Gasteiger charge is 2.34. The van der Waals surface area contributed by atoms with E-state index >= 15 is 0 Å². The van der Waals surface area contributed by atoms with Gasteiger partial charge in [0.2, 0.25) is 5.91 Å². The van der Waals surface area contributed by atoms with Crippen LogP contribution in [0.4, 0.5) is 0 Å². The largest absolute Gasteiger partial charge is 0.339 e. The van der Waals surface area contributed by atoms with Crippen LogP contribution in [0, 0.1) is 5.92 Å². The number of carbonyl (C=O) groups is 1. The quantitative estimate of drug-likeness (QED) is 0.946. The summed E-state index contributed by atoms with van der Waals surface area (Å²) in [4.78, 5) is 14.9. The Kier molecular flexibility index (Phi) is 4.16. The van der Waals surface area contributed by atoms with E-state index in [-0.39, 0.29) is 11.8 Å². The van der Waals surface area contributed by atoms with Gasteiger partial charge in [0.05, 0.1) is 5.92 Å². The second kappa shape index (κ2) is 6.09. The first kappa shape index (κ1) is 15.0. The van der Waals surface area contributed by atoms with E-state index in [4.69, 9.17) is 5.73 Å². The molecule has 1 fully saturated rings. The minimum atomic E-state index is -0.108.